The number of hydrogen-bond acceptors (Lipinski definition) is 5. The van der Waals surface area contributed by atoms with Gasteiger partial charge in [0.15, 0.2) is 0 Å². The fourth-order valence-electron chi connectivity index (χ4n) is 1.62. The van der Waals surface area contributed by atoms with Crippen molar-refractivity contribution in [2.45, 2.75) is 18.7 Å². The first-order valence-electron chi connectivity index (χ1n) is 6.17. The molecule has 0 bridgehead atoms. The van der Waals surface area contributed by atoms with E-state index < -0.39 is 10.0 Å². The Morgan fingerprint density at radius 3 is 2.60 bits per heavy atom. The lowest BCUT2D eigenvalue weighted by molar-refractivity contribution is 0.601. The van der Waals surface area contributed by atoms with E-state index in [9.17, 15) is 8.42 Å². The topological polar surface area (TPSA) is 84.0 Å². The van der Waals surface area contributed by atoms with E-state index in [0.717, 1.165) is 6.54 Å². The van der Waals surface area contributed by atoms with Crippen molar-refractivity contribution in [3.8, 4) is 0 Å². The van der Waals surface area contributed by atoms with Crippen LogP contribution in [0.1, 0.15) is 12.6 Å². The quantitative estimate of drug-likeness (QED) is 0.880. The van der Waals surface area contributed by atoms with Crippen molar-refractivity contribution < 1.29 is 8.42 Å². The van der Waals surface area contributed by atoms with Gasteiger partial charge in [-0.3, -0.25) is 9.71 Å². The second-order valence-electron chi connectivity index (χ2n) is 4.15. The van der Waals surface area contributed by atoms with Gasteiger partial charge in [-0.05, 0) is 38.1 Å². The Labute approximate surface area is 118 Å². The third-order valence-corrected chi connectivity index (χ3v) is 4.01. The van der Waals surface area contributed by atoms with Gasteiger partial charge in [-0.1, -0.05) is 0 Å². The van der Waals surface area contributed by atoms with Crippen molar-refractivity contribution in [3.63, 3.8) is 0 Å². The number of sulfonamides is 1. The average molecular weight is 292 g/mol. The molecular weight excluding hydrogens is 276 g/mol. The van der Waals surface area contributed by atoms with Gasteiger partial charge in [0.2, 0.25) is 0 Å². The summed E-state index contributed by atoms with van der Waals surface area (Å²) in [7, 11) is -3.65. The molecule has 0 fully saturated rings. The monoisotopic (exact) mass is 292 g/mol. The number of anilines is 2. The van der Waals surface area contributed by atoms with Crippen LogP contribution in [0.3, 0.4) is 0 Å². The van der Waals surface area contributed by atoms with Gasteiger partial charge in [0.1, 0.15) is 10.7 Å². The van der Waals surface area contributed by atoms with Crippen molar-refractivity contribution in [2.24, 2.45) is 0 Å². The first-order valence-corrected chi connectivity index (χ1v) is 7.65. The fourth-order valence-corrected chi connectivity index (χ4v) is 2.68. The van der Waals surface area contributed by atoms with E-state index in [4.69, 9.17) is 0 Å². The molecule has 6 nitrogen and oxygen atoms in total. The zero-order valence-electron chi connectivity index (χ0n) is 11.3. The summed E-state index contributed by atoms with van der Waals surface area (Å²) in [5, 5.41) is 3.01. The largest absolute Gasteiger partial charge is 0.370 e. The van der Waals surface area contributed by atoms with E-state index in [1.807, 2.05) is 6.92 Å². The fraction of sp³-hybridized carbons (Fsp3) is 0.231. The minimum Gasteiger partial charge on any atom is -0.370 e. The van der Waals surface area contributed by atoms with Crippen LogP contribution in [0.2, 0.25) is 0 Å². The highest BCUT2D eigenvalue weighted by atomic mass is 32.2. The first-order chi connectivity index (χ1) is 9.53. The lowest BCUT2D eigenvalue weighted by Gasteiger charge is -2.10. The summed E-state index contributed by atoms with van der Waals surface area (Å²) >= 11 is 0. The van der Waals surface area contributed by atoms with Gasteiger partial charge in [-0.15, -0.1) is 0 Å². The Hall–Kier alpha value is -2.15. The highest BCUT2D eigenvalue weighted by molar-refractivity contribution is 7.92. The summed E-state index contributed by atoms with van der Waals surface area (Å²) in [5.41, 5.74) is 1.08. The number of aromatic nitrogens is 2. The molecule has 0 aromatic carbocycles. The van der Waals surface area contributed by atoms with Gasteiger partial charge in [0.05, 0.1) is 11.4 Å². The molecule has 0 spiro atoms. The molecular formula is C13H16N4O2S. The summed E-state index contributed by atoms with van der Waals surface area (Å²) < 4.78 is 27.0. The molecule has 2 heterocycles. The maximum absolute atomic E-state index is 12.2. The molecule has 106 valence electrons. The average Bonchev–Trinajstić information content (AvgIpc) is 2.42. The molecule has 2 rings (SSSR count). The molecule has 2 N–H and O–H groups in total. The molecule has 7 heteroatoms. The van der Waals surface area contributed by atoms with E-state index in [0.29, 0.717) is 17.2 Å². The van der Waals surface area contributed by atoms with E-state index >= 15 is 0 Å². The summed E-state index contributed by atoms with van der Waals surface area (Å²) in [4.78, 5) is 8.21. The standard InChI is InChI=1S/C13H16N4O2S/c1-3-14-13-7-6-11(9-16-13)20(18,19)17-12-5-4-8-15-10(12)2/h4-9,17H,3H2,1-2H3,(H,14,16). The highest BCUT2D eigenvalue weighted by Crippen LogP contribution is 2.18. The molecule has 0 radical (unpaired) electrons. The van der Waals surface area contributed by atoms with E-state index in [1.54, 1.807) is 31.3 Å². The van der Waals surface area contributed by atoms with E-state index in [-0.39, 0.29) is 4.90 Å². The summed E-state index contributed by atoms with van der Waals surface area (Å²) in [6, 6.07) is 6.49. The lowest BCUT2D eigenvalue weighted by Crippen LogP contribution is -2.14. The zero-order valence-corrected chi connectivity index (χ0v) is 12.1. The van der Waals surface area contributed by atoms with Gasteiger partial charge in [0, 0.05) is 18.9 Å². The lowest BCUT2D eigenvalue weighted by atomic mass is 10.3. The second-order valence-corrected chi connectivity index (χ2v) is 5.83. The van der Waals surface area contributed by atoms with Crippen LogP contribution in [-0.4, -0.2) is 24.9 Å². The molecule has 2 aromatic rings. The maximum Gasteiger partial charge on any atom is 0.263 e. The van der Waals surface area contributed by atoms with Crippen LogP contribution in [-0.2, 0) is 10.0 Å². The van der Waals surface area contributed by atoms with Crippen molar-refractivity contribution in [1.29, 1.82) is 0 Å². The number of aryl methyl sites for hydroxylation is 1. The Kier molecular flexibility index (Phi) is 4.19. The number of nitrogens with zero attached hydrogens (tertiary/aromatic N) is 2. The molecule has 0 atom stereocenters. The van der Waals surface area contributed by atoms with Gasteiger partial charge in [-0.2, -0.15) is 0 Å². The van der Waals surface area contributed by atoms with E-state index in [1.165, 1.54) is 12.3 Å². The summed E-state index contributed by atoms with van der Waals surface area (Å²) in [6.07, 6.45) is 2.94. The smallest absolute Gasteiger partial charge is 0.263 e. The number of hydrogen-bond donors (Lipinski definition) is 2. The van der Waals surface area contributed by atoms with Gasteiger partial charge < -0.3 is 5.32 Å². The number of pyridine rings is 2. The minimum absolute atomic E-state index is 0.113. The van der Waals surface area contributed by atoms with E-state index in [2.05, 4.69) is 20.0 Å². The number of rotatable bonds is 5. The van der Waals surface area contributed by atoms with Crippen LogP contribution in [0, 0.1) is 6.92 Å². The van der Waals surface area contributed by atoms with Crippen LogP contribution in [0.25, 0.3) is 0 Å². The Morgan fingerprint density at radius 2 is 2.00 bits per heavy atom. The van der Waals surface area contributed by atoms with Crippen molar-refractivity contribution in [2.75, 3.05) is 16.6 Å². The molecule has 0 aliphatic heterocycles. The molecule has 0 aliphatic carbocycles. The van der Waals surface area contributed by atoms with Crippen molar-refractivity contribution >= 4 is 21.5 Å². The molecule has 0 unspecified atom stereocenters. The van der Waals surface area contributed by atoms with Crippen LogP contribution >= 0.6 is 0 Å². The second kappa shape index (κ2) is 5.87. The van der Waals surface area contributed by atoms with Gasteiger partial charge in [0.25, 0.3) is 10.0 Å². The highest BCUT2D eigenvalue weighted by Gasteiger charge is 2.15. The molecule has 20 heavy (non-hydrogen) atoms. The van der Waals surface area contributed by atoms with Crippen LogP contribution in [0.4, 0.5) is 11.5 Å². The molecule has 0 amide bonds. The molecule has 0 saturated carbocycles. The maximum atomic E-state index is 12.2. The third-order valence-electron chi connectivity index (χ3n) is 2.66. The van der Waals surface area contributed by atoms with Crippen molar-refractivity contribution in [3.05, 3.63) is 42.4 Å². The van der Waals surface area contributed by atoms with Crippen LogP contribution in [0.15, 0.2) is 41.6 Å². The summed E-state index contributed by atoms with van der Waals surface area (Å²) in [5.74, 6) is 0.643. The van der Waals surface area contributed by atoms with Crippen LogP contribution < -0.4 is 10.0 Å². The molecule has 0 aliphatic rings. The normalized spacial score (nSPS) is 11.1. The Bertz CT molecular complexity index is 684. The Balaban J connectivity index is 2.24. The summed E-state index contributed by atoms with van der Waals surface area (Å²) in [6.45, 7) is 4.41. The first kappa shape index (κ1) is 14.3. The Morgan fingerprint density at radius 1 is 1.20 bits per heavy atom. The zero-order chi connectivity index (χ0) is 14.6. The van der Waals surface area contributed by atoms with Gasteiger partial charge in [-0.25, -0.2) is 13.4 Å². The predicted molar refractivity (Wildman–Crippen MR) is 78.2 cm³/mol. The molecule has 0 saturated heterocycles. The number of nitrogens with one attached hydrogen (secondary N) is 2. The third kappa shape index (κ3) is 3.24. The van der Waals surface area contributed by atoms with Gasteiger partial charge >= 0.3 is 0 Å². The minimum atomic E-state index is -3.65. The molecule has 2 aromatic heterocycles. The van der Waals surface area contributed by atoms with Crippen LogP contribution in [0.5, 0.6) is 0 Å². The SMILES string of the molecule is CCNc1ccc(S(=O)(=O)Nc2cccnc2C)cn1. The predicted octanol–water partition coefficient (Wildman–Crippen LogP) is 2.02. The van der Waals surface area contributed by atoms with Crippen molar-refractivity contribution in [1.82, 2.24) is 9.97 Å².